The van der Waals surface area contributed by atoms with Crippen molar-refractivity contribution in [1.29, 1.82) is 0 Å². The van der Waals surface area contributed by atoms with Gasteiger partial charge in [-0.25, -0.2) is 0 Å². The molecular weight excluding hydrogens is 274 g/mol. The summed E-state index contributed by atoms with van der Waals surface area (Å²) in [7, 11) is 0. The Labute approximate surface area is 124 Å². The maximum atomic E-state index is 6.18. The van der Waals surface area contributed by atoms with E-state index in [1.807, 2.05) is 52.0 Å². The van der Waals surface area contributed by atoms with Crippen molar-refractivity contribution in [2.45, 2.75) is 45.1 Å². The molecule has 0 spiro atoms. The highest BCUT2D eigenvalue weighted by atomic mass is 35.5. The molecule has 1 heterocycles. The van der Waals surface area contributed by atoms with Crippen LogP contribution in [-0.2, 0) is 11.8 Å². The van der Waals surface area contributed by atoms with Crippen molar-refractivity contribution < 1.29 is 4.52 Å². The molecule has 0 radical (unpaired) electrons. The zero-order valence-electron chi connectivity index (χ0n) is 12.3. The monoisotopic (exact) mass is 293 g/mol. The van der Waals surface area contributed by atoms with Gasteiger partial charge in [-0.15, -0.1) is 0 Å². The molecule has 5 heteroatoms. The minimum absolute atomic E-state index is 0.391. The molecule has 0 fully saturated rings. The van der Waals surface area contributed by atoms with E-state index in [0.717, 1.165) is 5.56 Å². The van der Waals surface area contributed by atoms with E-state index in [1.54, 1.807) is 0 Å². The second-order valence-electron chi connectivity index (χ2n) is 6.17. The summed E-state index contributed by atoms with van der Waals surface area (Å²) in [5.74, 6) is 1.22. The smallest absolute Gasteiger partial charge is 0.234 e. The summed E-state index contributed by atoms with van der Waals surface area (Å²) in [4.78, 5) is 4.48. The van der Waals surface area contributed by atoms with E-state index in [2.05, 4.69) is 10.1 Å². The van der Waals surface area contributed by atoms with Crippen LogP contribution in [0.1, 0.15) is 45.0 Å². The standard InChI is InChI=1S/C15H20ClN3O/c1-14(2,15(3,4)17)13-18-12(19-20-13)9-10-5-7-11(16)8-6-10/h5-8H,9,17H2,1-4H3. The van der Waals surface area contributed by atoms with E-state index in [-0.39, 0.29) is 0 Å². The Morgan fingerprint density at radius 1 is 1.15 bits per heavy atom. The van der Waals surface area contributed by atoms with Crippen LogP contribution in [0.15, 0.2) is 28.8 Å². The summed E-state index contributed by atoms with van der Waals surface area (Å²) in [6.45, 7) is 7.92. The van der Waals surface area contributed by atoms with Crippen LogP contribution < -0.4 is 5.73 Å². The van der Waals surface area contributed by atoms with Crippen molar-refractivity contribution in [3.8, 4) is 0 Å². The topological polar surface area (TPSA) is 64.9 Å². The lowest BCUT2D eigenvalue weighted by Crippen LogP contribution is -2.50. The number of rotatable bonds is 4. The first kappa shape index (κ1) is 15.0. The van der Waals surface area contributed by atoms with Gasteiger partial charge in [0.1, 0.15) is 0 Å². The van der Waals surface area contributed by atoms with Crippen LogP contribution in [0.2, 0.25) is 5.02 Å². The third-order valence-electron chi connectivity index (χ3n) is 3.89. The van der Waals surface area contributed by atoms with E-state index in [1.165, 1.54) is 0 Å². The van der Waals surface area contributed by atoms with E-state index in [9.17, 15) is 0 Å². The fourth-order valence-electron chi connectivity index (χ4n) is 1.64. The first-order valence-corrected chi connectivity index (χ1v) is 6.94. The molecule has 0 unspecified atom stereocenters. The normalized spacial score (nSPS) is 12.7. The zero-order chi connectivity index (χ0) is 15.0. The van der Waals surface area contributed by atoms with Crippen molar-refractivity contribution in [1.82, 2.24) is 10.1 Å². The zero-order valence-corrected chi connectivity index (χ0v) is 13.0. The van der Waals surface area contributed by atoms with E-state index < -0.39 is 11.0 Å². The molecule has 0 bridgehead atoms. The molecule has 20 heavy (non-hydrogen) atoms. The largest absolute Gasteiger partial charge is 0.339 e. The van der Waals surface area contributed by atoms with E-state index >= 15 is 0 Å². The van der Waals surface area contributed by atoms with Gasteiger partial charge in [-0.1, -0.05) is 28.9 Å². The quantitative estimate of drug-likeness (QED) is 0.939. The number of benzene rings is 1. The molecule has 2 aromatic rings. The molecule has 2 rings (SSSR count). The fraction of sp³-hybridized carbons (Fsp3) is 0.467. The molecule has 0 aliphatic carbocycles. The van der Waals surface area contributed by atoms with Crippen LogP contribution in [-0.4, -0.2) is 15.7 Å². The van der Waals surface area contributed by atoms with Gasteiger partial charge in [0.2, 0.25) is 5.89 Å². The molecule has 108 valence electrons. The van der Waals surface area contributed by atoms with E-state index in [0.29, 0.717) is 23.2 Å². The predicted octanol–water partition coefficient (Wildman–Crippen LogP) is 3.33. The number of hydrogen-bond donors (Lipinski definition) is 1. The molecule has 0 aliphatic rings. The molecule has 0 atom stereocenters. The predicted molar refractivity (Wildman–Crippen MR) is 79.8 cm³/mol. The summed E-state index contributed by atoms with van der Waals surface area (Å²) < 4.78 is 5.38. The summed E-state index contributed by atoms with van der Waals surface area (Å²) >= 11 is 5.87. The van der Waals surface area contributed by atoms with Gasteiger partial charge in [0.15, 0.2) is 5.82 Å². The van der Waals surface area contributed by atoms with Crippen LogP contribution >= 0.6 is 11.6 Å². The molecule has 2 N–H and O–H groups in total. The summed E-state index contributed by atoms with van der Waals surface area (Å²) in [6, 6.07) is 7.61. The average molecular weight is 294 g/mol. The van der Waals surface area contributed by atoms with Gasteiger partial charge in [0.05, 0.1) is 5.41 Å². The lowest BCUT2D eigenvalue weighted by atomic mass is 9.75. The van der Waals surface area contributed by atoms with Crippen molar-refractivity contribution in [2.75, 3.05) is 0 Å². The Kier molecular flexibility index (Phi) is 3.89. The summed E-state index contributed by atoms with van der Waals surface area (Å²) in [5, 5.41) is 4.76. The highest BCUT2D eigenvalue weighted by Crippen LogP contribution is 2.31. The SMILES string of the molecule is CC(C)(N)C(C)(C)c1nc(Cc2ccc(Cl)cc2)no1. The van der Waals surface area contributed by atoms with Crippen molar-refractivity contribution in [2.24, 2.45) is 5.73 Å². The first-order valence-electron chi connectivity index (χ1n) is 6.56. The van der Waals surface area contributed by atoms with E-state index in [4.69, 9.17) is 21.9 Å². The van der Waals surface area contributed by atoms with Gasteiger partial charge in [-0.05, 0) is 45.4 Å². The minimum atomic E-state index is -0.447. The third kappa shape index (κ3) is 3.02. The highest BCUT2D eigenvalue weighted by molar-refractivity contribution is 6.30. The third-order valence-corrected chi connectivity index (χ3v) is 4.14. The fourth-order valence-corrected chi connectivity index (χ4v) is 1.77. The number of halogens is 1. The van der Waals surface area contributed by atoms with Gasteiger partial charge in [0.25, 0.3) is 0 Å². The van der Waals surface area contributed by atoms with Gasteiger partial charge < -0.3 is 10.3 Å². The molecule has 1 aromatic heterocycles. The van der Waals surface area contributed by atoms with Crippen LogP contribution in [0.4, 0.5) is 0 Å². The lowest BCUT2D eigenvalue weighted by molar-refractivity contribution is 0.222. The number of nitrogens with two attached hydrogens (primary N) is 1. The highest BCUT2D eigenvalue weighted by Gasteiger charge is 2.40. The number of aromatic nitrogens is 2. The van der Waals surface area contributed by atoms with Crippen LogP contribution in [0.25, 0.3) is 0 Å². The van der Waals surface area contributed by atoms with Crippen molar-refractivity contribution >= 4 is 11.6 Å². The molecule has 0 saturated carbocycles. The van der Waals surface area contributed by atoms with Crippen molar-refractivity contribution in [3.63, 3.8) is 0 Å². The second kappa shape index (κ2) is 5.19. The average Bonchev–Trinajstić information content (AvgIpc) is 2.80. The molecule has 0 amide bonds. The van der Waals surface area contributed by atoms with Crippen LogP contribution in [0.5, 0.6) is 0 Å². The summed E-state index contributed by atoms with van der Waals surface area (Å²) in [5.41, 5.74) is 6.43. The van der Waals surface area contributed by atoms with Gasteiger partial charge >= 0.3 is 0 Å². The van der Waals surface area contributed by atoms with Crippen LogP contribution in [0, 0.1) is 0 Å². The van der Waals surface area contributed by atoms with Gasteiger partial charge in [-0.3, -0.25) is 0 Å². The van der Waals surface area contributed by atoms with Gasteiger partial charge in [0, 0.05) is 17.0 Å². The molecule has 0 saturated heterocycles. The maximum absolute atomic E-state index is 6.18. The number of nitrogens with zero attached hydrogens (tertiary/aromatic N) is 2. The maximum Gasteiger partial charge on any atom is 0.234 e. The first-order chi connectivity index (χ1) is 9.20. The van der Waals surface area contributed by atoms with Crippen LogP contribution in [0.3, 0.4) is 0 Å². The molecule has 4 nitrogen and oxygen atoms in total. The Morgan fingerprint density at radius 3 is 2.30 bits per heavy atom. The lowest BCUT2D eigenvalue weighted by Gasteiger charge is -2.34. The van der Waals surface area contributed by atoms with Gasteiger partial charge in [-0.2, -0.15) is 4.98 Å². The molecule has 0 aliphatic heterocycles. The molecule has 1 aromatic carbocycles. The number of hydrogen-bond acceptors (Lipinski definition) is 4. The minimum Gasteiger partial charge on any atom is -0.339 e. The molecular formula is C15H20ClN3O. The second-order valence-corrected chi connectivity index (χ2v) is 6.60. The summed E-state index contributed by atoms with van der Waals surface area (Å²) in [6.07, 6.45) is 0.613. The van der Waals surface area contributed by atoms with Crippen molar-refractivity contribution in [3.05, 3.63) is 46.6 Å². The Bertz CT molecular complexity index is 582. The Hall–Kier alpha value is -1.39. The Morgan fingerprint density at radius 2 is 1.75 bits per heavy atom. The Balaban J connectivity index is 2.19.